The Morgan fingerprint density at radius 1 is 1.15 bits per heavy atom. The van der Waals surface area contributed by atoms with Gasteiger partial charge in [0.25, 0.3) is 0 Å². The first-order valence-electron chi connectivity index (χ1n) is 9.43. The second-order valence-corrected chi connectivity index (χ2v) is 8.42. The molecule has 3 aliphatic rings. The van der Waals surface area contributed by atoms with Crippen molar-refractivity contribution in [1.29, 1.82) is 0 Å². The van der Waals surface area contributed by atoms with Gasteiger partial charge in [0.15, 0.2) is 0 Å². The number of fused-ring (bicyclic) bond motifs is 1. The summed E-state index contributed by atoms with van der Waals surface area (Å²) in [5.74, 6) is 0.682. The Morgan fingerprint density at radius 2 is 1.81 bits per heavy atom. The third-order valence-electron chi connectivity index (χ3n) is 6.30. The van der Waals surface area contributed by atoms with Crippen LogP contribution >= 0.6 is 12.4 Å². The van der Waals surface area contributed by atoms with Crippen LogP contribution in [0.3, 0.4) is 0 Å². The predicted octanol–water partition coefficient (Wildman–Crippen LogP) is 2.02. The third-order valence-corrected chi connectivity index (χ3v) is 6.30. The highest BCUT2D eigenvalue weighted by Gasteiger charge is 2.55. The van der Waals surface area contributed by atoms with E-state index in [1.54, 1.807) is 19.0 Å². The molecule has 1 saturated carbocycles. The number of carbonyl (C=O) groups is 2. The van der Waals surface area contributed by atoms with Gasteiger partial charge in [-0.05, 0) is 30.9 Å². The molecular formula is C20H29ClN4O2. The van der Waals surface area contributed by atoms with Gasteiger partial charge in [-0.25, -0.2) is 4.79 Å². The Balaban J connectivity index is 0.00000210. The van der Waals surface area contributed by atoms with Gasteiger partial charge >= 0.3 is 6.03 Å². The van der Waals surface area contributed by atoms with Gasteiger partial charge in [-0.15, -0.1) is 12.4 Å². The van der Waals surface area contributed by atoms with Crippen LogP contribution in [0.5, 0.6) is 0 Å². The first kappa shape index (κ1) is 20.0. The van der Waals surface area contributed by atoms with Gasteiger partial charge < -0.3 is 20.4 Å². The van der Waals surface area contributed by atoms with E-state index in [1.807, 2.05) is 21.9 Å². The zero-order chi connectivity index (χ0) is 18.6. The van der Waals surface area contributed by atoms with E-state index in [4.69, 9.17) is 5.73 Å². The first-order valence-corrected chi connectivity index (χ1v) is 9.43. The number of halogens is 1. The minimum absolute atomic E-state index is 0. The van der Waals surface area contributed by atoms with Crippen LogP contribution in [-0.2, 0) is 4.79 Å². The highest BCUT2D eigenvalue weighted by Crippen LogP contribution is 2.47. The molecule has 6 nitrogen and oxygen atoms in total. The Labute approximate surface area is 167 Å². The summed E-state index contributed by atoms with van der Waals surface area (Å²) < 4.78 is 0. The van der Waals surface area contributed by atoms with Crippen molar-refractivity contribution in [3.05, 3.63) is 35.4 Å². The fourth-order valence-electron chi connectivity index (χ4n) is 4.65. The van der Waals surface area contributed by atoms with Crippen LogP contribution in [0.1, 0.15) is 30.0 Å². The molecule has 0 aromatic heterocycles. The molecule has 0 bridgehead atoms. The van der Waals surface area contributed by atoms with E-state index in [-0.39, 0.29) is 36.3 Å². The van der Waals surface area contributed by atoms with Crippen LogP contribution in [0, 0.1) is 18.8 Å². The zero-order valence-electron chi connectivity index (χ0n) is 16.2. The molecular weight excluding hydrogens is 364 g/mol. The highest BCUT2D eigenvalue weighted by atomic mass is 35.5. The monoisotopic (exact) mass is 392 g/mol. The van der Waals surface area contributed by atoms with Crippen molar-refractivity contribution in [2.45, 2.75) is 31.3 Å². The molecule has 1 aromatic rings. The van der Waals surface area contributed by atoms with E-state index in [1.165, 1.54) is 11.1 Å². The number of likely N-dealkylation sites (tertiary alicyclic amines) is 2. The largest absolute Gasteiger partial charge is 0.340 e. The summed E-state index contributed by atoms with van der Waals surface area (Å²) in [6.07, 6.45) is 1.59. The molecule has 0 unspecified atom stereocenters. The lowest BCUT2D eigenvalue weighted by atomic mass is 9.88. The van der Waals surface area contributed by atoms with Crippen molar-refractivity contribution < 1.29 is 9.59 Å². The average molecular weight is 393 g/mol. The molecule has 1 aromatic carbocycles. The van der Waals surface area contributed by atoms with Gasteiger partial charge in [0.2, 0.25) is 5.91 Å². The number of carbonyl (C=O) groups excluding carboxylic acids is 2. The van der Waals surface area contributed by atoms with Crippen LogP contribution in [0.15, 0.2) is 24.3 Å². The molecule has 1 aliphatic carbocycles. The maximum Gasteiger partial charge on any atom is 0.320 e. The Kier molecular flexibility index (Phi) is 5.16. The lowest BCUT2D eigenvalue weighted by molar-refractivity contribution is -0.133. The molecule has 2 heterocycles. The van der Waals surface area contributed by atoms with Crippen LogP contribution < -0.4 is 5.73 Å². The van der Waals surface area contributed by atoms with Crippen LogP contribution in [-0.4, -0.2) is 65.9 Å². The number of amides is 3. The highest BCUT2D eigenvalue weighted by molar-refractivity contribution is 5.89. The third kappa shape index (κ3) is 3.29. The Morgan fingerprint density at radius 3 is 2.41 bits per heavy atom. The van der Waals surface area contributed by atoms with E-state index in [0.717, 1.165) is 12.8 Å². The number of urea groups is 1. The van der Waals surface area contributed by atoms with Crippen LogP contribution in [0.4, 0.5) is 4.79 Å². The minimum atomic E-state index is -0.615. The van der Waals surface area contributed by atoms with E-state index in [0.29, 0.717) is 25.6 Å². The molecule has 4 rings (SSSR count). The topological polar surface area (TPSA) is 69.9 Å². The summed E-state index contributed by atoms with van der Waals surface area (Å²) in [5.41, 5.74) is 7.91. The van der Waals surface area contributed by atoms with Gasteiger partial charge in [-0.3, -0.25) is 4.79 Å². The number of aryl methyl sites for hydroxylation is 1. The van der Waals surface area contributed by atoms with Crippen LogP contribution in [0.2, 0.25) is 0 Å². The van der Waals surface area contributed by atoms with E-state index >= 15 is 0 Å². The lowest BCUT2D eigenvalue weighted by Crippen LogP contribution is -2.47. The van der Waals surface area contributed by atoms with Gasteiger partial charge in [0.1, 0.15) is 0 Å². The number of rotatable bonds is 2. The second-order valence-electron chi connectivity index (χ2n) is 8.42. The molecule has 3 amide bonds. The molecule has 2 aliphatic heterocycles. The zero-order valence-corrected chi connectivity index (χ0v) is 17.0. The SMILES string of the molecule is Cc1ccccc1[C@H]1[C@@H]2CN(C(=O)C3(N)CC3)C[C@@H]2CN1C(=O)N(C)C.Cl. The van der Waals surface area contributed by atoms with E-state index < -0.39 is 5.54 Å². The summed E-state index contributed by atoms with van der Waals surface area (Å²) in [4.78, 5) is 31.1. The lowest BCUT2D eigenvalue weighted by Gasteiger charge is -2.33. The normalized spacial score (nSPS) is 27.8. The molecule has 0 spiro atoms. The number of benzene rings is 1. The van der Waals surface area contributed by atoms with Gasteiger partial charge in [0, 0.05) is 45.6 Å². The van der Waals surface area contributed by atoms with Crippen molar-refractivity contribution in [1.82, 2.24) is 14.7 Å². The van der Waals surface area contributed by atoms with Crippen molar-refractivity contribution in [3.63, 3.8) is 0 Å². The predicted molar refractivity (Wildman–Crippen MR) is 107 cm³/mol. The van der Waals surface area contributed by atoms with E-state index in [9.17, 15) is 9.59 Å². The summed E-state index contributed by atoms with van der Waals surface area (Å²) in [7, 11) is 3.60. The van der Waals surface area contributed by atoms with Gasteiger partial charge in [0.05, 0.1) is 11.6 Å². The average Bonchev–Trinajstić information content (AvgIpc) is 3.08. The number of nitrogens with zero attached hydrogens (tertiary/aromatic N) is 3. The fourth-order valence-corrected chi connectivity index (χ4v) is 4.65. The molecule has 2 saturated heterocycles. The fraction of sp³-hybridized carbons (Fsp3) is 0.600. The number of hydrogen-bond donors (Lipinski definition) is 1. The maximum atomic E-state index is 12.8. The molecule has 3 atom stereocenters. The van der Waals surface area contributed by atoms with Gasteiger partial charge in [-0.2, -0.15) is 0 Å². The molecule has 0 radical (unpaired) electrons. The standard InChI is InChI=1S/C20H28N4O2.ClH/c1-13-6-4-5-7-15(13)17-16-12-23(18(25)20(21)8-9-20)10-14(16)11-24(17)19(26)22(2)3;/h4-7,14,16-17H,8-12,21H2,1-3H3;1H/t14-,16-,17+;/m1./s1. The van der Waals surface area contributed by atoms with Crippen molar-refractivity contribution in [2.24, 2.45) is 17.6 Å². The molecule has 2 N–H and O–H groups in total. The first-order chi connectivity index (χ1) is 12.3. The Bertz CT molecular complexity index is 749. The van der Waals surface area contributed by atoms with Crippen molar-refractivity contribution >= 4 is 24.3 Å². The smallest absolute Gasteiger partial charge is 0.320 e. The molecule has 7 heteroatoms. The molecule has 148 valence electrons. The number of nitrogens with two attached hydrogens (primary N) is 1. The molecule has 27 heavy (non-hydrogen) atoms. The quantitative estimate of drug-likeness (QED) is 0.837. The summed E-state index contributed by atoms with van der Waals surface area (Å²) >= 11 is 0. The molecule has 3 fully saturated rings. The maximum absolute atomic E-state index is 12.8. The Hall–Kier alpha value is -1.79. The number of hydrogen-bond acceptors (Lipinski definition) is 3. The summed E-state index contributed by atoms with van der Waals surface area (Å²) in [6.45, 7) is 4.20. The van der Waals surface area contributed by atoms with Crippen LogP contribution in [0.25, 0.3) is 0 Å². The van der Waals surface area contributed by atoms with Gasteiger partial charge in [-0.1, -0.05) is 24.3 Å². The van der Waals surface area contributed by atoms with E-state index in [2.05, 4.69) is 19.1 Å². The summed E-state index contributed by atoms with van der Waals surface area (Å²) in [5, 5.41) is 0. The minimum Gasteiger partial charge on any atom is -0.340 e. The second kappa shape index (κ2) is 6.99. The van der Waals surface area contributed by atoms with Crippen molar-refractivity contribution in [2.75, 3.05) is 33.7 Å². The summed E-state index contributed by atoms with van der Waals surface area (Å²) in [6, 6.07) is 8.33. The van der Waals surface area contributed by atoms with Crippen molar-refractivity contribution in [3.8, 4) is 0 Å².